The van der Waals surface area contributed by atoms with Gasteiger partial charge in [0.1, 0.15) is 6.04 Å². The van der Waals surface area contributed by atoms with E-state index in [2.05, 4.69) is 0 Å². The van der Waals surface area contributed by atoms with Gasteiger partial charge < -0.3 is 0 Å². The number of hydrogen-bond donors (Lipinski definition) is 0. The Balaban J connectivity index is 1.87. The number of benzene rings is 3. The van der Waals surface area contributed by atoms with Crippen LogP contribution in [-0.4, -0.2) is 11.7 Å². The summed E-state index contributed by atoms with van der Waals surface area (Å²) in [6, 6.07) is 25.2. The Bertz CT molecular complexity index is 903. The Kier molecular flexibility index (Phi) is 3.47. The number of anilines is 1. The van der Waals surface area contributed by atoms with E-state index in [-0.39, 0.29) is 11.7 Å². The Morgan fingerprint density at radius 1 is 0.750 bits per heavy atom. The zero-order chi connectivity index (χ0) is 16.5. The zero-order valence-corrected chi connectivity index (χ0v) is 12.9. The molecule has 0 bridgehead atoms. The van der Waals surface area contributed by atoms with Gasteiger partial charge in [-0.2, -0.15) is 0 Å². The van der Waals surface area contributed by atoms with Gasteiger partial charge in [0, 0.05) is 16.8 Å². The summed E-state index contributed by atoms with van der Waals surface area (Å²) in [6.45, 7) is 0. The minimum Gasteiger partial charge on any atom is -0.293 e. The van der Waals surface area contributed by atoms with E-state index in [1.165, 1.54) is 0 Å². The van der Waals surface area contributed by atoms with Crippen molar-refractivity contribution in [3.05, 3.63) is 102 Å². The second-order valence-electron chi connectivity index (χ2n) is 5.73. The van der Waals surface area contributed by atoms with Gasteiger partial charge >= 0.3 is 0 Å². The molecule has 0 saturated heterocycles. The number of para-hydroxylation sites is 1. The normalized spacial score (nSPS) is 16.1. The van der Waals surface area contributed by atoms with Crippen LogP contribution in [0.3, 0.4) is 0 Å². The lowest BCUT2D eigenvalue weighted by Crippen LogP contribution is -2.32. The minimum absolute atomic E-state index is 0.0715. The van der Waals surface area contributed by atoms with Gasteiger partial charge in [0.25, 0.3) is 5.91 Å². The highest BCUT2D eigenvalue weighted by molar-refractivity contribution is 6.18. The van der Waals surface area contributed by atoms with Crippen LogP contribution in [0.5, 0.6) is 0 Å². The molecule has 4 rings (SSSR count). The first-order valence-electron chi connectivity index (χ1n) is 7.84. The molecule has 0 N–H and O–H groups in total. The number of nitrogens with zero attached hydrogens (tertiary/aromatic N) is 1. The number of amides is 1. The van der Waals surface area contributed by atoms with Gasteiger partial charge in [0.05, 0.1) is 0 Å². The molecule has 1 heterocycles. The molecule has 0 radical (unpaired) electrons. The zero-order valence-electron chi connectivity index (χ0n) is 12.9. The number of carbonyl (C=O) groups excluding carboxylic acids is 2. The molecule has 3 aromatic carbocycles. The molecule has 0 unspecified atom stereocenters. The molecule has 0 aliphatic carbocycles. The van der Waals surface area contributed by atoms with Gasteiger partial charge in [0.15, 0.2) is 5.78 Å². The van der Waals surface area contributed by atoms with E-state index in [1.807, 2.05) is 66.7 Å². The van der Waals surface area contributed by atoms with Gasteiger partial charge in [-0.3, -0.25) is 14.5 Å². The Morgan fingerprint density at radius 2 is 1.33 bits per heavy atom. The average Bonchev–Trinajstić information content (AvgIpc) is 2.95. The summed E-state index contributed by atoms with van der Waals surface area (Å²) in [5, 5.41) is 0. The van der Waals surface area contributed by atoms with Gasteiger partial charge in [-0.1, -0.05) is 66.7 Å². The molecule has 0 spiro atoms. The second kappa shape index (κ2) is 5.78. The summed E-state index contributed by atoms with van der Waals surface area (Å²) in [4.78, 5) is 27.7. The quantitative estimate of drug-likeness (QED) is 0.677. The van der Waals surface area contributed by atoms with E-state index in [0.29, 0.717) is 11.1 Å². The van der Waals surface area contributed by atoms with Crippen molar-refractivity contribution in [1.29, 1.82) is 0 Å². The molecular formula is C21H15NO2. The van der Waals surface area contributed by atoms with Crippen LogP contribution in [0.4, 0.5) is 5.69 Å². The molecule has 0 saturated carbocycles. The topological polar surface area (TPSA) is 37.4 Å². The molecule has 0 fully saturated rings. The molecule has 0 aromatic heterocycles. The lowest BCUT2D eigenvalue weighted by molar-refractivity contribution is 0.0916. The second-order valence-corrected chi connectivity index (χ2v) is 5.73. The fraction of sp³-hybridized carbons (Fsp3) is 0.0476. The summed E-state index contributed by atoms with van der Waals surface area (Å²) in [6.07, 6.45) is 0. The monoisotopic (exact) mass is 313 g/mol. The molecule has 116 valence electrons. The van der Waals surface area contributed by atoms with Crippen molar-refractivity contribution in [3.8, 4) is 0 Å². The maximum Gasteiger partial charge on any atom is 0.259 e. The predicted molar refractivity (Wildman–Crippen MR) is 93.2 cm³/mol. The van der Waals surface area contributed by atoms with Gasteiger partial charge in [-0.05, 0) is 23.8 Å². The molecule has 3 heteroatoms. The van der Waals surface area contributed by atoms with Crippen LogP contribution < -0.4 is 4.90 Å². The summed E-state index contributed by atoms with van der Waals surface area (Å²) in [5.74, 6) is -0.205. The smallest absolute Gasteiger partial charge is 0.259 e. The van der Waals surface area contributed by atoms with E-state index in [9.17, 15) is 9.59 Å². The fourth-order valence-electron chi connectivity index (χ4n) is 3.19. The fourth-order valence-corrected chi connectivity index (χ4v) is 3.19. The highest BCUT2D eigenvalue weighted by Gasteiger charge is 2.41. The first kappa shape index (κ1) is 14.4. The summed E-state index contributed by atoms with van der Waals surface area (Å²) in [7, 11) is 0. The highest BCUT2D eigenvalue weighted by Crippen LogP contribution is 2.39. The van der Waals surface area contributed by atoms with Crippen molar-refractivity contribution in [1.82, 2.24) is 0 Å². The molecule has 3 aromatic rings. The third kappa shape index (κ3) is 2.22. The van der Waals surface area contributed by atoms with Crippen molar-refractivity contribution in [2.24, 2.45) is 0 Å². The van der Waals surface area contributed by atoms with Crippen LogP contribution in [0, 0.1) is 0 Å². The van der Waals surface area contributed by atoms with Crippen LogP contribution in [0.1, 0.15) is 32.3 Å². The van der Waals surface area contributed by atoms with Crippen LogP contribution in [-0.2, 0) is 0 Å². The number of fused-ring (bicyclic) bond motifs is 1. The van der Waals surface area contributed by atoms with Gasteiger partial charge in [0.2, 0.25) is 0 Å². The van der Waals surface area contributed by atoms with E-state index in [4.69, 9.17) is 0 Å². The third-order valence-corrected chi connectivity index (χ3v) is 4.30. The molecule has 1 aliphatic heterocycles. The number of rotatable bonds is 3. The standard InChI is InChI=1S/C21H15NO2/c23-20(15-9-3-1-4-10-15)19-17-13-7-8-14-18(17)21(24)22(19)16-11-5-2-6-12-16/h1-14,19H/t19-/m1/s1. The molecule has 1 amide bonds. The number of hydrogen-bond acceptors (Lipinski definition) is 2. The van der Waals surface area contributed by atoms with Crippen LogP contribution >= 0.6 is 0 Å². The van der Waals surface area contributed by atoms with Crippen molar-refractivity contribution < 1.29 is 9.59 Å². The molecule has 1 aliphatic rings. The van der Waals surface area contributed by atoms with E-state index in [1.54, 1.807) is 23.1 Å². The molecular weight excluding hydrogens is 298 g/mol. The summed E-state index contributed by atoms with van der Waals surface area (Å²) < 4.78 is 0. The highest BCUT2D eigenvalue weighted by atomic mass is 16.2. The first-order chi connectivity index (χ1) is 11.8. The molecule has 24 heavy (non-hydrogen) atoms. The van der Waals surface area contributed by atoms with Gasteiger partial charge in [-0.25, -0.2) is 0 Å². The lowest BCUT2D eigenvalue weighted by Gasteiger charge is -2.24. The number of ketones is 1. The van der Waals surface area contributed by atoms with Crippen molar-refractivity contribution in [2.75, 3.05) is 4.90 Å². The van der Waals surface area contributed by atoms with Crippen LogP contribution in [0.25, 0.3) is 0 Å². The van der Waals surface area contributed by atoms with Crippen molar-refractivity contribution in [2.45, 2.75) is 6.04 Å². The van der Waals surface area contributed by atoms with E-state index >= 15 is 0 Å². The minimum atomic E-state index is -0.626. The Labute approximate surface area is 140 Å². The SMILES string of the molecule is O=C(c1ccccc1)[C@H]1c2ccccc2C(=O)N1c1ccccc1. The predicted octanol–water partition coefficient (Wildman–Crippen LogP) is 4.27. The summed E-state index contributed by atoms with van der Waals surface area (Å²) in [5.41, 5.74) is 2.69. The average molecular weight is 313 g/mol. The maximum atomic E-state index is 13.1. The number of carbonyl (C=O) groups is 2. The van der Waals surface area contributed by atoms with E-state index < -0.39 is 6.04 Å². The largest absolute Gasteiger partial charge is 0.293 e. The maximum absolute atomic E-state index is 13.1. The lowest BCUT2D eigenvalue weighted by atomic mass is 9.96. The summed E-state index contributed by atoms with van der Waals surface area (Å²) >= 11 is 0. The first-order valence-corrected chi connectivity index (χ1v) is 7.84. The van der Waals surface area contributed by atoms with Crippen LogP contribution in [0.2, 0.25) is 0 Å². The Hall–Kier alpha value is -3.20. The van der Waals surface area contributed by atoms with Crippen LogP contribution in [0.15, 0.2) is 84.9 Å². The third-order valence-electron chi connectivity index (χ3n) is 4.30. The Morgan fingerprint density at radius 3 is 2.04 bits per heavy atom. The molecule has 3 nitrogen and oxygen atoms in total. The van der Waals surface area contributed by atoms with Crippen molar-refractivity contribution >= 4 is 17.4 Å². The van der Waals surface area contributed by atoms with E-state index in [0.717, 1.165) is 11.3 Å². The van der Waals surface area contributed by atoms with Gasteiger partial charge in [-0.15, -0.1) is 0 Å². The number of Topliss-reactive ketones (excluding diaryl/α,β-unsaturated/α-hetero) is 1. The molecule has 1 atom stereocenters. The van der Waals surface area contributed by atoms with Crippen molar-refractivity contribution in [3.63, 3.8) is 0 Å².